The summed E-state index contributed by atoms with van der Waals surface area (Å²) >= 11 is 1.43. The Hall–Kier alpha value is -1.88. The van der Waals surface area contributed by atoms with Gasteiger partial charge in [0, 0.05) is 10.2 Å². The maximum absolute atomic E-state index is 12.3. The average molecular weight is 291 g/mol. The quantitative estimate of drug-likeness (QED) is 0.909. The first-order chi connectivity index (χ1) is 9.30. The molecule has 0 atom stereocenters. The Kier molecular flexibility index (Phi) is 3.81. The predicted molar refractivity (Wildman–Crippen MR) is 80.4 cm³/mol. The lowest BCUT2D eigenvalue weighted by atomic mass is 10.0. The van der Waals surface area contributed by atoms with Gasteiger partial charge in [-0.2, -0.15) is 0 Å². The molecule has 0 aliphatic carbocycles. The van der Waals surface area contributed by atoms with E-state index in [0.29, 0.717) is 4.88 Å². The molecule has 20 heavy (non-hydrogen) atoms. The molecule has 0 aliphatic rings. The van der Waals surface area contributed by atoms with Crippen molar-refractivity contribution >= 4 is 33.3 Å². The zero-order chi connectivity index (χ0) is 14.9. The molecular weight excluding hydrogens is 274 g/mol. The zero-order valence-corrected chi connectivity index (χ0v) is 12.5. The summed E-state index contributed by atoms with van der Waals surface area (Å²) < 4.78 is 1.06. The van der Waals surface area contributed by atoms with Gasteiger partial charge in [0.2, 0.25) is 0 Å². The minimum absolute atomic E-state index is 0.108. The SMILES string of the molecule is Cc1c(C(=O)NC(C)(C)CC(=O)O)sc2ccccc12. The fraction of sp³-hybridized carbons (Fsp3) is 0.333. The van der Waals surface area contributed by atoms with Gasteiger partial charge in [-0.05, 0) is 37.8 Å². The molecular formula is C15H17NO3S. The number of fused-ring (bicyclic) bond motifs is 1. The number of carboxylic acid groups (broad SMARTS) is 1. The van der Waals surface area contributed by atoms with Crippen molar-refractivity contribution in [1.29, 1.82) is 0 Å². The highest BCUT2D eigenvalue weighted by Crippen LogP contribution is 2.30. The van der Waals surface area contributed by atoms with Gasteiger partial charge in [0.15, 0.2) is 0 Å². The number of carboxylic acids is 1. The molecule has 0 fully saturated rings. The van der Waals surface area contributed by atoms with E-state index in [1.807, 2.05) is 31.2 Å². The number of rotatable bonds is 4. The van der Waals surface area contributed by atoms with Crippen LogP contribution in [0.25, 0.3) is 10.1 Å². The molecule has 0 bridgehead atoms. The van der Waals surface area contributed by atoms with Crippen molar-refractivity contribution < 1.29 is 14.7 Å². The third-order valence-electron chi connectivity index (χ3n) is 3.09. The molecule has 0 spiro atoms. The third-order valence-corrected chi connectivity index (χ3v) is 4.37. The Morgan fingerprint density at radius 1 is 1.30 bits per heavy atom. The van der Waals surface area contributed by atoms with Gasteiger partial charge in [0.1, 0.15) is 0 Å². The molecule has 0 radical (unpaired) electrons. The number of hydrogen-bond acceptors (Lipinski definition) is 3. The van der Waals surface area contributed by atoms with E-state index in [4.69, 9.17) is 5.11 Å². The van der Waals surface area contributed by atoms with Gasteiger partial charge >= 0.3 is 5.97 Å². The highest BCUT2D eigenvalue weighted by atomic mass is 32.1. The van der Waals surface area contributed by atoms with E-state index in [1.54, 1.807) is 13.8 Å². The molecule has 5 heteroatoms. The number of amides is 1. The molecule has 2 aromatic rings. The lowest BCUT2D eigenvalue weighted by Crippen LogP contribution is -2.44. The smallest absolute Gasteiger partial charge is 0.305 e. The number of benzene rings is 1. The van der Waals surface area contributed by atoms with Gasteiger partial charge in [0.25, 0.3) is 5.91 Å². The Bertz CT molecular complexity index is 673. The molecule has 1 aromatic carbocycles. The number of aryl methyl sites for hydroxylation is 1. The Balaban J connectivity index is 2.28. The summed E-state index contributed by atoms with van der Waals surface area (Å²) in [5.74, 6) is -1.14. The largest absolute Gasteiger partial charge is 0.481 e. The second kappa shape index (κ2) is 5.25. The van der Waals surface area contributed by atoms with Gasteiger partial charge in [-0.25, -0.2) is 0 Å². The van der Waals surface area contributed by atoms with Crippen LogP contribution in [-0.2, 0) is 4.79 Å². The van der Waals surface area contributed by atoms with Crippen LogP contribution in [0.15, 0.2) is 24.3 Å². The number of thiophene rings is 1. The topological polar surface area (TPSA) is 66.4 Å². The fourth-order valence-corrected chi connectivity index (χ4v) is 3.28. The van der Waals surface area contributed by atoms with E-state index >= 15 is 0 Å². The van der Waals surface area contributed by atoms with E-state index in [2.05, 4.69) is 5.32 Å². The minimum atomic E-state index is -0.927. The maximum atomic E-state index is 12.3. The predicted octanol–water partition coefficient (Wildman–Crippen LogP) is 3.19. The Morgan fingerprint density at radius 2 is 1.95 bits per heavy atom. The summed E-state index contributed by atoms with van der Waals surface area (Å²) in [6.45, 7) is 5.33. The summed E-state index contributed by atoms with van der Waals surface area (Å²) in [5, 5.41) is 12.7. The van der Waals surface area contributed by atoms with Crippen molar-refractivity contribution in [2.75, 3.05) is 0 Å². The standard InChI is InChI=1S/C15H17NO3S/c1-9-10-6-4-5-7-11(10)20-13(9)14(19)16-15(2,3)8-12(17)18/h4-7H,8H2,1-3H3,(H,16,19)(H,17,18). The van der Waals surface area contributed by atoms with Crippen LogP contribution < -0.4 is 5.32 Å². The number of nitrogens with one attached hydrogen (secondary N) is 1. The van der Waals surface area contributed by atoms with Crippen molar-refractivity contribution in [1.82, 2.24) is 5.32 Å². The van der Waals surface area contributed by atoms with Crippen molar-refractivity contribution in [3.05, 3.63) is 34.7 Å². The number of aliphatic carboxylic acids is 1. The number of carbonyl (C=O) groups excluding carboxylic acids is 1. The molecule has 4 nitrogen and oxygen atoms in total. The average Bonchev–Trinajstić information content (AvgIpc) is 2.65. The van der Waals surface area contributed by atoms with Crippen LogP contribution in [0, 0.1) is 6.92 Å². The summed E-state index contributed by atoms with van der Waals surface area (Å²) in [4.78, 5) is 23.8. The van der Waals surface area contributed by atoms with Crippen LogP contribution in [-0.4, -0.2) is 22.5 Å². The minimum Gasteiger partial charge on any atom is -0.481 e. The molecule has 1 amide bonds. The lowest BCUT2D eigenvalue weighted by molar-refractivity contribution is -0.138. The van der Waals surface area contributed by atoms with E-state index < -0.39 is 11.5 Å². The van der Waals surface area contributed by atoms with Crippen LogP contribution in [0.3, 0.4) is 0 Å². The number of hydrogen-bond donors (Lipinski definition) is 2. The first kappa shape index (κ1) is 14.5. The summed E-state index contributed by atoms with van der Waals surface area (Å²) in [7, 11) is 0. The molecule has 2 rings (SSSR count). The van der Waals surface area contributed by atoms with E-state index in [-0.39, 0.29) is 12.3 Å². The molecule has 1 heterocycles. The van der Waals surface area contributed by atoms with Crippen molar-refractivity contribution in [3.8, 4) is 0 Å². The molecule has 0 saturated carbocycles. The highest BCUT2D eigenvalue weighted by molar-refractivity contribution is 7.21. The molecule has 0 saturated heterocycles. The maximum Gasteiger partial charge on any atom is 0.305 e. The van der Waals surface area contributed by atoms with E-state index in [0.717, 1.165) is 15.6 Å². The van der Waals surface area contributed by atoms with Gasteiger partial charge in [-0.1, -0.05) is 18.2 Å². The van der Waals surface area contributed by atoms with Crippen LogP contribution in [0.2, 0.25) is 0 Å². The second-order valence-electron chi connectivity index (χ2n) is 5.46. The first-order valence-corrected chi connectivity index (χ1v) is 7.14. The Morgan fingerprint density at radius 3 is 2.55 bits per heavy atom. The summed E-state index contributed by atoms with van der Waals surface area (Å²) in [6.07, 6.45) is -0.108. The van der Waals surface area contributed by atoms with Gasteiger partial charge < -0.3 is 10.4 Å². The Labute approximate surface area is 121 Å². The van der Waals surface area contributed by atoms with Crippen molar-refractivity contribution in [2.45, 2.75) is 32.7 Å². The van der Waals surface area contributed by atoms with Gasteiger partial charge in [0.05, 0.1) is 11.3 Å². The highest BCUT2D eigenvalue weighted by Gasteiger charge is 2.26. The van der Waals surface area contributed by atoms with Crippen molar-refractivity contribution in [2.24, 2.45) is 0 Å². The van der Waals surface area contributed by atoms with Crippen LogP contribution in [0.5, 0.6) is 0 Å². The zero-order valence-electron chi connectivity index (χ0n) is 11.7. The summed E-state index contributed by atoms with van der Waals surface area (Å²) in [6, 6.07) is 7.85. The summed E-state index contributed by atoms with van der Waals surface area (Å²) in [5.41, 5.74) is 0.167. The molecule has 106 valence electrons. The molecule has 0 unspecified atom stereocenters. The third kappa shape index (κ3) is 2.99. The number of carbonyl (C=O) groups is 2. The first-order valence-electron chi connectivity index (χ1n) is 6.32. The van der Waals surface area contributed by atoms with Crippen molar-refractivity contribution in [3.63, 3.8) is 0 Å². The van der Waals surface area contributed by atoms with Gasteiger partial charge in [-0.15, -0.1) is 11.3 Å². The molecule has 2 N–H and O–H groups in total. The van der Waals surface area contributed by atoms with E-state index in [9.17, 15) is 9.59 Å². The van der Waals surface area contributed by atoms with Gasteiger partial charge in [-0.3, -0.25) is 9.59 Å². The normalized spacial score (nSPS) is 11.6. The lowest BCUT2D eigenvalue weighted by Gasteiger charge is -2.24. The fourth-order valence-electron chi connectivity index (χ4n) is 2.18. The van der Waals surface area contributed by atoms with Crippen LogP contribution >= 0.6 is 11.3 Å². The van der Waals surface area contributed by atoms with E-state index in [1.165, 1.54) is 11.3 Å². The second-order valence-corrected chi connectivity index (χ2v) is 6.51. The molecule has 0 aliphatic heterocycles. The van der Waals surface area contributed by atoms with Crippen LogP contribution in [0.4, 0.5) is 0 Å². The molecule has 1 aromatic heterocycles. The van der Waals surface area contributed by atoms with Crippen LogP contribution in [0.1, 0.15) is 35.5 Å². The monoisotopic (exact) mass is 291 g/mol.